The number of rotatable bonds is 3. The summed E-state index contributed by atoms with van der Waals surface area (Å²) in [4.78, 5) is 9.84. The highest BCUT2D eigenvalue weighted by molar-refractivity contribution is 7.86. The van der Waals surface area contributed by atoms with Gasteiger partial charge in [-0.25, -0.2) is 4.79 Å². The van der Waals surface area contributed by atoms with Gasteiger partial charge in [0.2, 0.25) is 0 Å². The molecule has 0 saturated heterocycles. The molecule has 0 fully saturated rings. The largest absolute Gasteiger partial charge is 0.466 e. The molecule has 0 aliphatic heterocycles. The predicted octanol–water partition coefficient (Wildman–Crippen LogP) is 1.02. The normalized spacial score (nSPS) is 12.0. The Morgan fingerprint density at radius 3 is 2.07 bits per heavy atom. The van der Waals surface area contributed by atoms with E-state index in [0.29, 0.717) is 6.42 Å². The molecule has 0 bridgehead atoms. The van der Waals surface area contributed by atoms with E-state index in [4.69, 9.17) is 4.55 Å². The van der Waals surface area contributed by atoms with Crippen molar-refractivity contribution in [1.29, 1.82) is 0 Å². The van der Waals surface area contributed by atoms with Crippen LogP contribution in [0.3, 0.4) is 0 Å². The molecule has 1 unspecified atom stereocenters. The SMILES string of the molecule is C=CC(=O)OC.CCC(C)S(=O)(=O)O. The summed E-state index contributed by atoms with van der Waals surface area (Å²) in [7, 11) is -2.44. The van der Waals surface area contributed by atoms with Crippen LogP contribution in [-0.2, 0) is 19.6 Å². The Bertz CT molecular complexity index is 267. The van der Waals surface area contributed by atoms with Crippen LogP contribution in [0.5, 0.6) is 0 Å². The van der Waals surface area contributed by atoms with Crippen LogP contribution in [0.1, 0.15) is 20.3 Å². The summed E-state index contributed by atoms with van der Waals surface area (Å²) in [6, 6.07) is 0. The lowest BCUT2D eigenvalue weighted by atomic mass is 10.4. The molecule has 0 aromatic heterocycles. The molecule has 0 aliphatic carbocycles. The molecule has 6 heteroatoms. The highest BCUT2D eigenvalue weighted by Gasteiger charge is 2.13. The van der Waals surface area contributed by atoms with Crippen LogP contribution in [0.4, 0.5) is 0 Å². The van der Waals surface area contributed by atoms with Gasteiger partial charge < -0.3 is 4.74 Å². The van der Waals surface area contributed by atoms with E-state index in [1.165, 1.54) is 14.0 Å². The minimum Gasteiger partial charge on any atom is -0.466 e. The third kappa shape index (κ3) is 9.21. The maximum atomic E-state index is 10.1. The predicted molar refractivity (Wildman–Crippen MR) is 53.5 cm³/mol. The maximum Gasteiger partial charge on any atom is 0.329 e. The van der Waals surface area contributed by atoms with Gasteiger partial charge in [0.1, 0.15) is 0 Å². The number of esters is 1. The topological polar surface area (TPSA) is 80.7 Å². The standard InChI is InChI=1S/C4H10O3S.C4H6O2/c1-3-4(2)8(5,6)7;1-3-4(5)6-2/h4H,3H2,1-2H3,(H,5,6,7);3H,1H2,2H3. The Morgan fingerprint density at radius 2 is 2.07 bits per heavy atom. The van der Waals surface area contributed by atoms with Crippen molar-refractivity contribution in [1.82, 2.24) is 0 Å². The number of carbonyl (C=O) groups is 1. The van der Waals surface area contributed by atoms with Gasteiger partial charge in [-0.3, -0.25) is 4.55 Å². The molecular weight excluding hydrogens is 208 g/mol. The van der Waals surface area contributed by atoms with Crippen LogP contribution in [0.25, 0.3) is 0 Å². The quantitative estimate of drug-likeness (QED) is 0.439. The van der Waals surface area contributed by atoms with E-state index in [0.717, 1.165) is 6.08 Å². The van der Waals surface area contributed by atoms with E-state index in [1.54, 1.807) is 6.92 Å². The van der Waals surface area contributed by atoms with Gasteiger partial charge in [-0.1, -0.05) is 13.5 Å². The zero-order valence-corrected chi connectivity index (χ0v) is 9.37. The van der Waals surface area contributed by atoms with Gasteiger partial charge in [-0.05, 0) is 13.3 Å². The summed E-state index contributed by atoms with van der Waals surface area (Å²) in [6.45, 7) is 6.33. The van der Waals surface area contributed by atoms with Crippen molar-refractivity contribution in [2.75, 3.05) is 7.11 Å². The third-order valence-electron chi connectivity index (χ3n) is 1.45. The molecule has 0 saturated carbocycles. The summed E-state index contributed by atoms with van der Waals surface area (Å²) in [6.07, 6.45) is 1.57. The number of hydrogen-bond acceptors (Lipinski definition) is 4. The first-order chi connectivity index (χ1) is 6.29. The third-order valence-corrected chi connectivity index (χ3v) is 2.80. The molecule has 0 aromatic rings. The fraction of sp³-hybridized carbons (Fsp3) is 0.625. The monoisotopic (exact) mass is 224 g/mol. The van der Waals surface area contributed by atoms with E-state index in [-0.39, 0.29) is 0 Å². The van der Waals surface area contributed by atoms with E-state index in [9.17, 15) is 13.2 Å². The molecule has 0 aliphatic rings. The van der Waals surface area contributed by atoms with Crippen molar-refractivity contribution in [2.24, 2.45) is 0 Å². The Balaban J connectivity index is 0. The Morgan fingerprint density at radius 1 is 1.64 bits per heavy atom. The van der Waals surface area contributed by atoms with Gasteiger partial charge in [0.25, 0.3) is 10.1 Å². The van der Waals surface area contributed by atoms with Crippen LogP contribution >= 0.6 is 0 Å². The number of hydrogen-bond donors (Lipinski definition) is 1. The van der Waals surface area contributed by atoms with E-state index < -0.39 is 21.3 Å². The van der Waals surface area contributed by atoms with Crippen molar-refractivity contribution >= 4 is 16.1 Å². The molecule has 5 nitrogen and oxygen atoms in total. The molecule has 0 aromatic carbocycles. The van der Waals surface area contributed by atoms with Crippen LogP contribution in [0.2, 0.25) is 0 Å². The molecule has 1 N–H and O–H groups in total. The first-order valence-electron chi connectivity index (χ1n) is 3.96. The zero-order valence-electron chi connectivity index (χ0n) is 8.56. The van der Waals surface area contributed by atoms with Crippen molar-refractivity contribution in [3.8, 4) is 0 Å². The summed E-state index contributed by atoms with van der Waals surface area (Å²) in [5.74, 6) is -0.394. The minimum absolute atomic E-state index is 0.394. The summed E-state index contributed by atoms with van der Waals surface area (Å²) >= 11 is 0. The van der Waals surface area contributed by atoms with E-state index in [1.807, 2.05) is 0 Å². The Labute approximate surface area is 84.5 Å². The van der Waals surface area contributed by atoms with Gasteiger partial charge in [-0.2, -0.15) is 8.42 Å². The lowest BCUT2D eigenvalue weighted by Crippen LogP contribution is -2.14. The second kappa shape index (κ2) is 7.52. The maximum absolute atomic E-state index is 10.1. The highest BCUT2D eigenvalue weighted by Crippen LogP contribution is 1.99. The van der Waals surface area contributed by atoms with Crippen molar-refractivity contribution in [2.45, 2.75) is 25.5 Å². The first-order valence-corrected chi connectivity index (χ1v) is 5.46. The lowest BCUT2D eigenvalue weighted by Gasteiger charge is -2.00. The van der Waals surface area contributed by atoms with Gasteiger partial charge in [0.05, 0.1) is 12.4 Å². The van der Waals surface area contributed by atoms with Crippen LogP contribution in [-0.4, -0.2) is 31.3 Å². The van der Waals surface area contributed by atoms with E-state index in [2.05, 4.69) is 11.3 Å². The molecule has 0 amide bonds. The fourth-order valence-corrected chi connectivity index (χ4v) is 0.715. The molecule has 84 valence electrons. The van der Waals surface area contributed by atoms with Crippen LogP contribution in [0.15, 0.2) is 12.7 Å². The molecule has 0 heterocycles. The second-order valence-electron chi connectivity index (χ2n) is 2.46. The smallest absolute Gasteiger partial charge is 0.329 e. The number of carbonyl (C=O) groups excluding carboxylic acids is 1. The Hall–Kier alpha value is -0.880. The van der Waals surface area contributed by atoms with Gasteiger partial charge in [-0.15, -0.1) is 0 Å². The average Bonchev–Trinajstić information content (AvgIpc) is 2.14. The highest BCUT2D eigenvalue weighted by atomic mass is 32.2. The van der Waals surface area contributed by atoms with Crippen molar-refractivity contribution in [3.05, 3.63) is 12.7 Å². The molecule has 0 rings (SSSR count). The summed E-state index contributed by atoms with van der Waals surface area (Å²) in [5.41, 5.74) is 0. The lowest BCUT2D eigenvalue weighted by molar-refractivity contribution is -0.134. The van der Waals surface area contributed by atoms with Crippen molar-refractivity contribution in [3.63, 3.8) is 0 Å². The van der Waals surface area contributed by atoms with Gasteiger partial charge >= 0.3 is 5.97 Å². The molecule has 0 spiro atoms. The fourth-order valence-electron chi connectivity index (χ4n) is 0.294. The number of ether oxygens (including phenoxy) is 1. The molecule has 14 heavy (non-hydrogen) atoms. The molecular formula is C8H16O5S. The molecule has 0 radical (unpaired) electrons. The second-order valence-corrected chi connectivity index (χ2v) is 4.30. The van der Waals surface area contributed by atoms with Crippen LogP contribution < -0.4 is 0 Å². The average molecular weight is 224 g/mol. The summed E-state index contributed by atoms with van der Waals surface area (Å²) in [5, 5.41) is -0.623. The molecule has 1 atom stereocenters. The van der Waals surface area contributed by atoms with Crippen molar-refractivity contribution < 1.29 is 22.5 Å². The van der Waals surface area contributed by atoms with E-state index >= 15 is 0 Å². The first kappa shape index (κ1) is 15.6. The minimum atomic E-state index is -3.75. The van der Waals surface area contributed by atoms with Crippen LogP contribution in [0, 0.1) is 0 Å². The zero-order chi connectivity index (χ0) is 11.8. The summed E-state index contributed by atoms with van der Waals surface area (Å²) < 4.78 is 32.6. The van der Waals surface area contributed by atoms with Gasteiger partial charge in [0, 0.05) is 6.08 Å². The van der Waals surface area contributed by atoms with Gasteiger partial charge in [0.15, 0.2) is 0 Å². The Kier molecular flexibility index (Phi) is 8.37. The number of methoxy groups -OCH3 is 1.